The summed E-state index contributed by atoms with van der Waals surface area (Å²) in [6.07, 6.45) is 6.34. The highest BCUT2D eigenvalue weighted by molar-refractivity contribution is 6.74. The van der Waals surface area contributed by atoms with Crippen molar-refractivity contribution in [3.63, 3.8) is 0 Å². The summed E-state index contributed by atoms with van der Waals surface area (Å²) in [4.78, 5) is 56.1. The number of fused-ring (bicyclic) bond motifs is 1. The Hall–Kier alpha value is -3.84. The number of rotatable bonds is 16. The van der Waals surface area contributed by atoms with Crippen molar-refractivity contribution >= 4 is 26.1 Å². The van der Waals surface area contributed by atoms with Crippen molar-refractivity contribution in [2.24, 2.45) is 0 Å². The Morgan fingerprint density at radius 2 is 1.59 bits per heavy atom. The molecular weight excluding hydrogens is 721 g/mol. The molecule has 11 nitrogen and oxygen atoms in total. The fourth-order valence-electron chi connectivity index (χ4n) is 7.21. The number of esters is 1. The molecule has 0 spiro atoms. The molecule has 1 aromatic heterocycles. The maximum atomic E-state index is 15.2. The Morgan fingerprint density at radius 1 is 0.929 bits per heavy atom. The van der Waals surface area contributed by atoms with Crippen LogP contribution in [0, 0.1) is 0 Å². The summed E-state index contributed by atoms with van der Waals surface area (Å²) in [5.41, 5.74) is 3.88. The van der Waals surface area contributed by atoms with E-state index >= 15 is 4.79 Å². The molecule has 56 heavy (non-hydrogen) atoms. The molecule has 3 aromatic rings. The number of methoxy groups -OCH3 is 1. The summed E-state index contributed by atoms with van der Waals surface area (Å²) >= 11 is 0. The highest BCUT2D eigenvalue weighted by Gasteiger charge is 2.40. The smallest absolute Gasteiger partial charge is 0.337 e. The molecule has 2 aliphatic heterocycles. The fraction of sp³-hybridized carbons (Fsp3) is 0.591. The van der Waals surface area contributed by atoms with Crippen LogP contribution in [-0.4, -0.2) is 128 Å². The first-order valence-corrected chi connectivity index (χ1v) is 23.6. The SMILES string of the molecule is CCCCN(CCCC)C(=O)c1cn(CCN2CCN(C)CC2)c(-c2ccc(C(=O)OC)cc2C(=O)N2Cc3ccccc3CC2CO[Si](C)(C)C(C)(C)C)n1. The van der Waals surface area contributed by atoms with Gasteiger partial charge in [0.15, 0.2) is 8.32 Å². The lowest BCUT2D eigenvalue weighted by atomic mass is 9.92. The Kier molecular flexibility index (Phi) is 14.7. The van der Waals surface area contributed by atoms with E-state index in [0.717, 1.165) is 64.0 Å². The van der Waals surface area contributed by atoms with Gasteiger partial charge in [-0.1, -0.05) is 71.7 Å². The van der Waals surface area contributed by atoms with Gasteiger partial charge in [-0.25, -0.2) is 9.78 Å². The lowest BCUT2D eigenvalue weighted by molar-refractivity contribution is 0.0554. The fourth-order valence-corrected chi connectivity index (χ4v) is 8.25. The van der Waals surface area contributed by atoms with Crippen LogP contribution in [0.15, 0.2) is 48.7 Å². The van der Waals surface area contributed by atoms with Crippen LogP contribution < -0.4 is 0 Å². The van der Waals surface area contributed by atoms with Gasteiger partial charge in [0.05, 0.1) is 30.9 Å². The molecule has 5 rings (SSSR count). The number of piperazine rings is 1. The number of ether oxygens (including phenoxy) is 1. The van der Waals surface area contributed by atoms with Gasteiger partial charge < -0.3 is 28.4 Å². The molecule has 0 radical (unpaired) electrons. The van der Waals surface area contributed by atoms with Crippen molar-refractivity contribution in [2.45, 2.75) is 104 Å². The van der Waals surface area contributed by atoms with E-state index in [1.807, 2.05) is 32.7 Å². The average molecular weight is 787 g/mol. The number of hydrogen-bond donors (Lipinski definition) is 0. The molecule has 0 N–H and O–H groups in total. The first-order chi connectivity index (χ1) is 26.7. The largest absolute Gasteiger partial charge is 0.465 e. The number of amides is 2. The number of unbranched alkanes of at least 4 members (excludes halogenated alkanes) is 2. The minimum absolute atomic E-state index is 0.00935. The van der Waals surface area contributed by atoms with Gasteiger partial charge in [0.25, 0.3) is 11.8 Å². The molecule has 1 fully saturated rings. The van der Waals surface area contributed by atoms with Gasteiger partial charge in [0.2, 0.25) is 0 Å². The van der Waals surface area contributed by atoms with Crippen LogP contribution in [0.5, 0.6) is 0 Å². The standard InChI is InChI=1S/C44H66N6O5Si/c1-10-12-20-48(21-13-11-2)42(52)39-31-49(27-26-47-24-22-46(6)23-25-47)40(45-39)37-19-18-34(43(53)54-7)29-38(37)41(51)50-30-35-17-15-14-16-33(35)28-36(50)32-55-56(8,9)44(3,4)5/h14-19,29,31,36H,10-13,20-28,30,32H2,1-9H3. The van der Waals surface area contributed by atoms with Crippen molar-refractivity contribution in [3.05, 3.63) is 76.6 Å². The minimum Gasteiger partial charge on any atom is -0.465 e. The van der Waals surface area contributed by atoms with Crippen LogP contribution in [0.25, 0.3) is 11.4 Å². The Balaban J connectivity index is 1.60. The van der Waals surface area contributed by atoms with E-state index in [4.69, 9.17) is 14.1 Å². The molecular formula is C44H66N6O5Si. The van der Waals surface area contributed by atoms with E-state index < -0.39 is 14.3 Å². The Bertz CT molecular complexity index is 1800. The number of carbonyl (C=O) groups excluding carboxylic acids is 3. The first kappa shape index (κ1) is 43.3. The second-order valence-electron chi connectivity index (χ2n) is 17.2. The van der Waals surface area contributed by atoms with Crippen LogP contribution in [0.4, 0.5) is 0 Å². The van der Waals surface area contributed by atoms with Crippen molar-refractivity contribution < 1.29 is 23.5 Å². The van der Waals surface area contributed by atoms with E-state index in [1.165, 1.54) is 12.7 Å². The summed E-state index contributed by atoms with van der Waals surface area (Å²) in [6.45, 7) is 22.9. The van der Waals surface area contributed by atoms with Crippen molar-refractivity contribution in [1.82, 2.24) is 29.2 Å². The van der Waals surface area contributed by atoms with Crippen LogP contribution in [0.2, 0.25) is 18.1 Å². The summed E-state index contributed by atoms with van der Waals surface area (Å²) < 4.78 is 14.0. The van der Waals surface area contributed by atoms with Crippen LogP contribution in [0.3, 0.4) is 0 Å². The number of hydrogen-bond acceptors (Lipinski definition) is 8. The van der Waals surface area contributed by atoms with Gasteiger partial charge in [0, 0.05) is 70.7 Å². The van der Waals surface area contributed by atoms with Crippen LogP contribution in [-0.2, 0) is 28.7 Å². The average Bonchev–Trinajstić information content (AvgIpc) is 3.62. The zero-order chi connectivity index (χ0) is 40.6. The zero-order valence-electron chi connectivity index (χ0n) is 35.5. The molecule has 1 saturated heterocycles. The summed E-state index contributed by atoms with van der Waals surface area (Å²) in [7, 11) is 1.35. The molecule has 2 amide bonds. The number of imidazole rings is 1. The van der Waals surface area contributed by atoms with Crippen molar-refractivity contribution in [2.75, 3.05) is 66.6 Å². The quantitative estimate of drug-likeness (QED) is 0.111. The number of likely N-dealkylation sites (N-methyl/N-ethyl adjacent to an activating group) is 1. The lowest BCUT2D eigenvalue weighted by Crippen LogP contribution is -2.50. The van der Waals surface area contributed by atoms with Crippen molar-refractivity contribution in [1.29, 1.82) is 0 Å². The van der Waals surface area contributed by atoms with E-state index in [2.05, 4.69) is 76.7 Å². The van der Waals surface area contributed by atoms with Gasteiger partial charge >= 0.3 is 5.97 Å². The van der Waals surface area contributed by atoms with E-state index in [-0.39, 0.29) is 28.5 Å². The number of nitrogens with zero attached hydrogens (tertiary/aromatic N) is 6. The normalized spacial score (nSPS) is 16.8. The number of aromatic nitrogens is 2. The van der Waals surface area contributed by atoms with Gasteiger partial charge in [-0.2, -0.15) is 0 Å². The van der Waals surface area contributed by atoms with Gasteiger partial charge in [-0.05, 0) is 73.8 Å². The van der Waals surface area contributed by atoms with E-state index in [1.54, 1.807) is 18.2 Å². The van der Waals surface area contributed by atoms with E-state index in [9.17, 15) is 9.59 Å². The molecule has 2 aromatic carbocycles. The number of carbonyl (C=O) groups is 3. The van der Waals surface area contributed by atoms with E-state index in [0.29, 0.717) is 61.9 Å². The predicted molar refractivity (Wildman–Crippen MR) is 226 cm³/mol. The molecule has 2 aliphatic rings. The third kappa shape index (κ3) is 10.4. The van der Waals surface area contributed by atoms with Gasteiger partial charge in [0.1, 0.15) is 11.5 Å². The third-order valence-corrected chi connectivity index (χ3v) is 16.6. The zero-order valence-corrected chi connectivity index (χ0v) is 36.5. The molecule has 0 aliphatic carbocycles. The first-order valence-electron chi connectivity index (χ1n) is 20.7. The second-order valence-corrected chi connectivity index (χ2v) is 22.0. The van der Waals surface area contributed by atoms with Gasteiger partial charge in [-0.15, -0.1) is 0 Å². The minimum atomic E-state index is -2.14. The highest BCUT2D eigenvalue weighted by Crippen LogP contribution is 2.38. The third-order valence-electron chi connectivity index (χ3n) is 12.1. The Morgan fingerprint density at radius 3 is 2.21 bits per heavy atom. The van der Waals surface area contributed by atoms with Crippen LogP contribution >= 0.6 is 0 Å². The molecule has 0 bridgehead atoms. The number of benzene rings is 2. The topological polar surface area (TPSA) is 100 Å². The van der Waals surface area contributed by atoms with Crippen molar-refractivity contribution in [3.8, 4) is 11.4 Å². The maximum absolute atomic E-state index is 15.2. The molecule has 1 atom stereocenters. The highest BCUT2D eigenvalue weighted by atomic mass is 28.4. The van der Waals surface area contributed by atoms with Crippen LogP contribution in [0.1, 0.15) is 103 Å². The molecule has 0 saturated carbocycles. The summed E-state index contributed by atoms with van der Waals surface area (Å²) in [6, 6.07) is 13.2. The monoisotopic (exact) mass is 786 g/mol. The predicted octanol–water partition coefficient (Wildman–Crippen LogP) is 7.22. The molecule has 306 valence electrons. The lowest BCUT2D eigenvalue weighted by Gasteiger charge is -2.41. The maximum Gasteiger partial charge on any atom is 0.337 e. The second kappa shape index (κ2) is 19.1. The van der Waals surface area contributed by atoms with Gasteiger partial charge in [-0.3, -0.25) is 14.5 Å². The Labute approximate surface area is 336 Å². The molecule has 12 heteroatoms. The summed E-state index contributed by atoms with van der Waals surface area (Å²) in [5, 5.41) is 0.00935. The summed E-state index contributed by atoms with van der Waals surface area (Å²) in [5.74, 6) is -0.289. The molecule has 1 unspecified atom stereocenters. The molecule has 3 heterocycles.